The Morgan fingerprint density at radius 3 is 2.80 bits per heavy atom. The molecular formula is C6H5Br2NO. The van der Waals surface area contributed by atoms with Crippen LogP contribution in [0.25, 0.3) is 0 Å². The maximum atomic E-state index is 10.8. The van der Waals surface area contributed by atoms with Gasteiger partial charge in [-0.25, -0.2) is 4.99 Å². The monoisotopic (exact) mass is 265 g/mol. The third-order valence-corrected chi connectivity index (χ3v) is 3.16. The molecule has 1 atom stereocenters. The van der Waals surface area contributed by atoms with Crippen molar-refractivity contribution in [2.75, 3.05) is 0 Å². The lowest BCUT2D eigenvalue weighted by molar-refractivity contribution is -0.113. The van der Waals surface area contributed by atoms with Crippen LogP contribution in [0.5, 0.6) is 0 Å². The molecule has 1 amide bonds. The van der Waals surface area contributed by atoms with Gasteiger partial charge in [-0.15, -0.1) is 0 Å². The van der Waals surface area contributed by atoms with Crippen LogP contribution in [-0.2, 0) is 4.79 Å². The van der Waals surface area contributed by atoms with Gasteiger partial charge in [0.25, 0.3) is 5.91 Å². The van der Waals surface area contributed by atoms with Gasteiger partial charge in [-0.1, -0.05) is 15.9 Å². The molecule has 2 nitrogen and oxygen atoms in total. The van der Waals surface area contributed by atoms with E-state index >= 15 is 0 Å². The molecule has 0 aliphatic carbocycles. The Balaban J connectivity index is 3.00. The number of amides is 1. The molecule has 0 aromatic heterocycles. The number of hydrogen-bond donors (Lipinski definition) is 0. The van der Waals surface area contributed by atoms with Crippen LogP contribution in [0.15, 0.2) is 15.0 Å². The Kier molecular flexibility index (Phi) is 2.41. The van der Waals surface area contributed by atoms with Crippen LogP contribution in [0.1, 0.15) is 6.92 Å². The first-order valence-electron chi connectivity index (χ1n) is 2.72. The summed E-state index contributed by atoms with van der Waals surface area (Å²) in [4.78, 5) is 14.6. The van der Waals surface area contributed by atoms with E-state index in [0.29, 0.717) is 4.48 Å². The molecule has 0 radical (unpaired) electrons. The molecular weight excluding hydrogens is 262 g/mol. The van der Waals surface area contributed by atoms with Gasteiger partial charge in [-0.05, 0) is 28.4 Å². The summed E-state index contributed by atoms with van der Waals surface area (Å²) in [6.45, 7) is 1.88. The van der Waals surface area contributed by atoms with E-state index in [0.717, 1.165) is 5.57 Å². The third-order valence-electron chi connectivity index (χ3n) is 1.27. The number of nitrogens with zero attached hydrogens (tertiary/aromatic N) is 1. The Morgan fingerprint density at radius 1 is 1.70 bits per heavy atom. The van der Waals surface area contributed by atoms with Crippen LogP contribution in [0.2, 0.25) is 0 Å². The van der Waals surface area contributed by atoms with E-state index in [1.54, 1.807) is 6.21 Å². The maximum absolute atomic E-state index is 10.8. The first-order valence-corrected chi connectivity index (χ1v) is 4.42. The molecule has 54 valence electrons. The van der Waals surface area contributed by atoms with Gasteiger partial charge in [-0.3, -0.25) is 4.79 Å². The molecule has 0 saturated carbocycles. The minimum Gasteiger partial charge on any atom is -0.266 e. The van der Waals surface area contributed by atoms with Crippen LogP contribution < -0.4 is 0 Å². The molecule has 0 bridgehead atoms. The minimum atomic E-state index is -0.201. The number of dihydropyridines is 1. The molecule has 1 rings (SSSR count). The van der Waals surface area contributed by atoms with Crippen molar-refractivity contribution >= 4 is 44.0 Å². The van der Waals surface area contributed by atoms with Crippen molar-refractivity contribution < 1.29 is 4.79 Å². The van der Waals surface area contributed by atoms with Crippen LogP contribution >= 0.6 is 31.9 Å². The van der Waals surface area contributed by atoms with Crippen LogP contribution in [-0.4, -0.2) is 16.9 Å². The Morgan fingerprint density at radius 2 is 2.30 bits per heavy atom. The number of halogens is 2. The predicted octanol–water partition coefficient (Wildman–Crippen LogP) is 2.03. The van der Waals surface area contributed by atoms with E-state index in [-0.39, 0.29) is 10.7 Å². The number of allylic oxidation sites excluding steroid dienone is 1. The highest BCUT2D eigenvalue weighted by Crippen LogP contribution is 2.23. The lowest BCUT2D eigenvalue weighted by atomic mass is 10.2. The smallest absolute Gasteiger partial charge is 0.266 e. The second-order valence-electron chi connectivity index (χ2n) is 1.98. The first-order chi connectivity index (χ1) is 4.63. The lowest BCUT2D eigenvalue weighted by Crippen LogP contribution is -2.13. The third kappa shape index (κ3) is 1.37. The van der Waals surface area contributed by atoms with E-state index < -0.39 is 0 Å². The second kappa shape index (κ2) is 2.96. The van der Waals surface area contributed by atoms with Gasteiger partial charge in [-0.2, -0.15) is 0 Å². The quantitative estimate of drug-likeness (QED) is 0.617. The number of aliphatic imine (C=N–C) groups is 1. The molecule has 1 unspecified atom stereocenters. The predicted molar refractivity (Wildman–Crippen MR) is 47.8 cm³/mol. The number of hydrogen-bond acceptors (Lipinski definition) is 1. The summed E-state index contributed by atoms with van der Waals surface area (Å²) in [6, 6.07) is 0. The number of rotatable bonds is 0. The summed E-state index contributed by atoms with van der Waals surface area (Å²) in [7, 11) is 0. The fourth-order valence-electron chi connectivity index (χ4n) is 0.591. The molecule has 0 aromatic carbocycles. The topological polar surface area (TPSA) is 29.4 Å². The Labute approximate surface area is 75.7 Å². The SMILES string of the molecule is CC1=C(Br)C(=O)N=CC1Br. The molecule has 1 aliphatic heterocycles. The zero-order valence-corrected chi connectivity index (χ0v) is 8.44. The molecule has 1 heterocycles. The molecule has 0 aromatic rings. The molecule has 0 N–H and O–H groups in total. The number of carbonyl (C=O) groups is 1. The van der Waals surface area contributed by atoms with Crippen LogP contribution in [0.3, 0.4) is 0 Å². The molecule has 0 fully saturated rings. The van der Waals surface area contributed by atoms with E-state index in [1.165, 1.54) is 0 Å². The highest BCUT2D eigenvalue weighted by atomic mass is 79.9. The highest BCUT2D eigenvalue weighted by molar-refractivity contribution is 9.12. The largest absolute Gasteiger partial charge is 0.283 e. The zero-order valence-electron chi connectivity index (χ0n) is 5.27. The van der Waals surface area contributed by atoms with Crippen molar-refractivity contribution in [1.29, 1.82) is 0 Å². The summed E-state index contributed by atoms with van der Waals surface area (Å²) >= 11 is 6.48. The molecule has 0 spiro atoms. The van der Waals surface area contributed by atoms with Crippen molar-refractivity contribution in [3.05, 3.63) is 10.1 Å². The summed E-state index contributed by atoms with van der Waals surface area (Å²) in [6.07, 6.45) is 1.59. The van der Waals surface area contributed by atoms with E-state index in [9.17, 15) is 4.79 Å². The summed E-state index contributed by atoms with van der Waals surface area (Å²) < 4.78 is 0.567. The van der Waals surface area contributed by atoms with Gasteiger partial charge in [0.15, 0.2) is 0 Å². The van der Waals surface area contributed by atoms with E-state index in [4.69, 9.17) is 0 Å². The molecule has 4 heteroatoms. The van der Waals surface area contributed by atoms with Crippen molar-refractivity contribution in [1.82, 2.24) is 0 Å². The van der Waals surface area contributed by atoms with E-state index in [2.05, 4.69) is 36.9 Å². The van der Waals surface area contributed by atoms with Crippen LogP contribution in [0, 0.1) is 0 Å². The van der Waals surface area contributed by atoms with Gasteiger partial charge in [0.1, 0.15) is 0 Å². The average molecular weight is 267 g/mol. The number of alkyl halides is 1. The van der Waals surface area contributed by atoms with Gasteiger partial charge < -0.3 is 0 Å². The Hall–Kier alpha value is 0.0400. The zero-order chi connectivity index (χ0) is 7.72. The Bertz CT molecular complexity index is 232. The van der Waals surface area contributed by atoms with Gasteiger partial charge >= 0.3 is 0 Å². The van der Waals surface area contributed by atoms with Gasteiger partial charge in [0, 0.05) is 6.21 Å². The van der Waals surface area contributed by atoms with Crippen molar-refractivity contribution in [3.8, 4) is 0 Å². The average Bonchev–Trinajstić information content (AvgIpc) is 1.93. The van der Waals surface area contributed by atoms with E-state index in [1.807, 2.05) is 6.92 Å². The van der Waals surface area contributed by atoms with Crippen molar-refractivity contribution in [2.45, 2.75) is 11.8 Å². The van der Waals surface area contributed by atoms with Crippen molar-refractivity contribution in [2.24, 2.45) is 4.99 Å². The lowest BCUT2D eigenvalue weighted by Gasteiger charge is -2.10. The second-order valence-corrected chi connectivity index (χ2v) is 3.76. The normalized spacial score (nSPS) is 25.9. The first kappa shape index (κ1) is 8.14. The molecule has 10 heavy (non-hydrogen) atoms. The summed E-state index contributed by atoms with van der Waals surface area (Å²) in [5, 5.41) is 0. The molecule has 0 saturated heterocycles. The summed E-state index contributed by atoms with van der Waals surface area (Å²) in [5.74, 6) is -0.201. The fourth-order valence-corrected chi connectivity index (χ4v) is 1.59. The minimum absolute atomic E-state index is 0.0968. The summed E-state index contributed by atoms with van der Waals surface area (Å²) in [5.41, 5.74) is 0.972. The highest BCUT2D eigenvalue weighted by Gasteiger charge is 2.17. The standard InChI is InChI=1S/C6H5Br2NO/c1-3-4(7)2-9-6(10)5(3)8/h2,4H,1H3. The van der Waals surface area contributed by atoms with Crippen LogP contribution in [0.4, 0.5) is 0 Å². The molecule has 1 aliphatic rings. The number of carbonyl (C=O) groups excluding carboxylic acids is 1. The van der Waals surface area contributed by atoms with Gasteiger partial charge in [0.2, 0.25) is 0 Å². The fraction of sp³-hybridized carbons (Fsp3) is 0.333. The maximum Gasteiger partial charge on any atom is 0.283 e. The van der Waals surface area contributed by atoms with Crippen molar-refractivity contribution in [3.63, 3.8) is 0 Å². The van der Waals surface area contributed by atoms with Gasteiger partial charge in [0.05, 0.1) is 9.31 Å².